The second-order valence-corrected chi connectivity index (χ2v) is 0. The van der Waals surface area contributed by atoms with Crippen molar-refractivity contribution in [2.24, 2.45) is 0 Å². The van der Waals surface area contributed by atoms with E-state index in [-0.39, 0.29) is 53.3 Å². The second kappa shape index (κ2) is 76.4. The van der Waals surface area contributed by atoms with Gasteiger partial charge in [0.15, 0.2) is 17.4 Å². The molecule has 0 radical (unpaired) electrons. The van der Waals surface area contributed by atoms with Gasteiger partial charge in [-0.1, -0.05) is 0 Å². The summed E-state index contributed by atoms with van der Waals surface area (Å²) in [7, 11) is 0. The molecule has 0 saturated heterocycles. The summed E-state index contributed by atoms with van der Waals surface area (Å²) in [6.45, 7) is 0. The molecule has 0 aliphatic rings. The molecule has 3 nitrogen and oxygen atoms in total. The normalized spacial score (nSPS) is 0. The Morgan fingerprint density at radius 1 is 0.600 bits per heavy atom. The summed E-state index contributed by atoms with van der Waals surface area (Å²) in [6.07, 6.45) is 0. The summed E-state index contributed by atoms with van der Waals surface area (Å²) >= 11 is 0. The molecule has 0 heterocycles. The maximum absolute atomic E-state index is 0. The van der Waals surface area contributed by atoms with Gasteiger partial charge in [0.1, 0.15) is 0 Å². The molecule has 0 fully saturated rings. The van der Waals surface area contributed by atoms with Crippen molar-refractivity contribution < 1.29 is 35.9 Å². The summed E-state index contributed by atoms with van der Waals surface area (Å²) in [4.78, 5) is 0. The van der Waals surface area contributed by atoms with Crippen molar-refractivity contribution in [2.75, 3.05) is 0 Å². The summed E-state index contributed by atoms with van der Waals surface area (Å²) in [5.41, 5.74) is 0. The third-order valence-electron chi connectivity index (χ3n) is 0. The molecular weight excluding hydrogens is 140 g/mol. The minimum Gasteiger partial charge on any atom is -0.412 e. The Morgan fingerprint density at radius 2 is 0.600 bits per heavy atom. The van der Waals surface area contributed by atoms with Crippen LogP contribution in [0.4, 0.5) is 0 Å². The van der Waals surface area contributed by atoms with E-state index in [4.69, 9.17) is 0 Å². The van der Waals surface area contributed by atoms with E-state index in [9.17, 15) is 0 Å². The van der Waals surface area contributed by atoms with Crippen LogP contribution in [0.3, 0.4) is 0 Å². The predicted octanol–water partition coefficient (Wildman–Crippen LogP) is -3.66. The van der Waals surface area contributed by atoms with E-state index in [1.165, 1.54) is 0 Å². The molecule has 0 aromatic carbocycles. The summed E-state index contributed by atoms with van der Waals surface area (Å²) < 4.78 is 0. The van der Waals surface area contributed by atoms with Crippen molar-refractivity contribution in [3.05, 3.63) is 0 Å². The number of rotatable bonds is 0. The largest absolute Gasteiger partial charge is 0.412 e. The Bertz CT molecular complexity index is 6.85. The molecule has 0 aromatic rings. The van der Waals surface area contributed by atoms with E-state index in [1.807, 2.05) is 0 Å². The second-order valence-electron chi connectivity index (χ2n) is 0. The Morgan fingerprint density at radius 3 is 0.600 bits per heavy atom. The maximum Gasteiger partial charge on any atom is 0.187 e. The van der Waals surface area contributed by atoms with E-state index < -0.39 is 0 Å². The zero-order valence-electron chi connectivity index (χ0n) is 2.21. The molecule has 0 aliphatic carbocycles. The van der Waals surface area contributed by atoms with Crippen LogP contribution >= 0.6 is 0 Å². The summed E-state index contributed by atoms with van der Waals surface area (Å²) in [5.74, 6) is 0. The smallest absolute Gasteiger partial charge is 0.187 e. The van der Waals surface area contributed by atoms with Crippen LogP contribution < -0.4 is 0 Å². The van der Waals surface area contributed by atoms with Gasteiger partial charge in [-0.3, -0.25) is 0 Å². The quantitative estimate of drug-likeness (QED) is 0.318. The molecule has 0 bridgehead atoms. The molecule has 0 atom stereocenters. The molecule has 0 aromatic heterocycles. The zero-order valence-corrected chi connectivity index (χ0v) is 5.17. The fourth-order valence-corrected chi connectivity index (χ4v) is 0. The van der Waals surface area contributed by atoms with Gasteiger partial charge in [-0.2, -0.15) is 0 Å². The first kappa shape index (κ1) is 143. The van der Waals surface area contributed by atoms with Gasteiger partial charge in [-0.25, -0.2) is 0 Å². The molecular formula is H9AlO3Zn. The van der Waals surface area contributed by atoms with Crippen LogP contribution in [0.5, 0.6) is 0 Å². The average molecular weight is 149 g/mol. The van der Waals surface area contributed by atoms with Gasteiger partial charge in [0.25, 0.3) is 0 Å². The van der Waals surface area contributed by atoms with Crippen LogP contribution in [0.25, 0.3) is 0 Å². The molecule has 5 heavy (non-hydrogen) atoms. The number of hydrogen-bond donors (Lipinski definition) is 0. The third kappa shape index (κ3) is 43.3. The Labute approximate surface area is 53.6 Å². The van der Waals surface area contributed by atoms with Gasteiger partial charge in [0.05, 0.1) is 0 Å². The van der Waals surface area contributed by atoms with Crippen LogP contribution in [0.1, 0.15) is 0 Å². The van der Waals surface area contributed by atoms with Gasteiger partial charge in [-0.15, -0.1) is 0 Å². The first-order valence-electron chi connectivity index (χ1n) is 0. The van der Waals surface area contributed by atoms with Gasteiger partial charge < -0.3 is 16.4 Å². The standard InChI is InChI=1S/Al.3H2O.Zn.3H/h;3*1H2;;;;. The molecule has 0 rings (SSSR count). The third-order valence-corrected chi connectivity index (χ3v) is 0. The minimum absolute atomic E-state index is 0. The van der Waals surface area contributed by atoms with Crippen molar-refractivity contribution in [3.8, 4) is 0 Å². The first-order valence-corrected chi connectivity index (χ1v) is 0. The molecule has 0 saturated carbocycles. The molecule has 0 aliphatic heterocycles. The number of hydrogen-bond acceptors (Lipinski definition) is 0. The van der Waals surface area contributed by atoms with Crippen molar-refractivity contribution in [3.63, 3.8) is 0 Å². The van der Waals surface area contributed by atoms with E-state index in [0.29, 0.717) is 0 Å². The maximum atomic E-state index is 0. The Hall–Kier alpha value is 1.04. The Balaban J connectivity index is 0. The predicted molar refractivity (Wildman–Crippen MR) is 20.8 cm³/mol. The molecule has 0 amide bonds. The van der Waals surface area contributed by atoms with E-state index in [1.54, 1.807) is 0 Å². The topological polar surface area (TPSA) is 94.5 Å². The van der Waals surface area contributed by atoms with Crippen LogP contribution in [-0.4, -0.2) is 33.8 Å². The monoisotopic (exact) mass is 148 g/mol. The molecule has 32 valence electrons. The van der Waals surface area contributed by atoms with Crippen LogP contribution in [-0.2, 0) is 19.5 Å². The van der Waals surface area contributed by atoms with Gasteiger partial charge >= 0.3 is 0 Å². The SMILES string of the molecule is O.O.O.[AlH3].[Zn]. The Kier molecular flexibility index (Phi) is 2180. The summed E-state index contributed by atoms with van der Waals surface area (Å²) in [5, 5.41) is 0. The first-order chi connectivity index (χ1) is 0. The van der Waals surface area contributed by atoms with Crippen molar-refractivity contribution >= 4 is 17.4 Å². The molecule has 5 heteroatoms. The fraction of sp³-hybridized carbons (Fsp3) is 0. The molecule has 6 N–H and O–H groups in total. The zero-order chi connectivity index (χ0) is 0. The molecule has 0 spiro atoms. The van der Waals surface area contributed by atoms with Crippen molar-refractivity contribution in [2.45, 2.75) is 0 Å². The van der Waals surface area contributed by atoms with Crippen LogP contribution in [0, 0.1) is 0 Å². The van der Waals surface area contributed by atoms with E-state index in [2.05, 4.69) is 0 Å². The molecule has 0 unspecified atom stereocenters. The van der Waals surface area contributed by atoms with Gasteiger partial charge in [0, 0.05) is 19.5 Å². The fourth-order valence-electron chi connectivity index (χ4n) is 0. The summed E-state index contributed by atoms with van der Waals surface area (Å²) in [6, 6.07) is 0. The average Bonchev–Trinajstić information content (AvgIpc) is 0. The minimum atomic E-state index is 0. The van der Waals surface area contributed by atoms with Gasteiger partial charge in [0.2, 0.25) is 0 Å². The van der Waals surface area contributed by atoms with E-state index in [0.717, 1.165) is 0 Å². The van der Waals surface area contributed by atoms with Crippen LogP contribution in [0.15, 0.2) is 0 Å². The van der Waals surface area contributed by atoms with E-state index >= 15 is 0 Å². The van der Waals surface area contributed by atoms with Gasteiger partial charge in [-0.05, 0) is 0 Å². The van der Waals surface area contributed by atoms with Crippen molar-refractivity contribution in [1.29, 1.82) is 0 Å². The van der Waals surface area contributed by atoms with Crippen molar-refractivity contribution in [1.82, 2.24) is 0 Å². The van der Waals surface area contributed by atoms with Crippen LogP contribution in [0.2, 0.25) is 0 Å².